The van der Waals surface area contributed by atoms with Crippen molar-refractivity contribution in [3.8, 4) is 0 Å². The van der Waals surface area contributed by atoms with Crippen LogP contribution in [0.4, 0.5) is 8.78 Å². The van der Waals surface area contributed by atoms with Crippen LogP contribution in [0.3, 0.4) is 0 Å². The first kappa shape index (κ1) is 11.5. The zero-order valence-corrected chi connectivity index (χ0v) is 6.23. The largest absolute Gasteiger partial charge is 0.254 e. The van der Waals surface area contributed by atoms with Crippen LogP contribution in [0.1, 0.15) is 6.92 Å². The molecular formula is C3H4Cl3F2. The van der Waals surface area contributed by atoms with E-state index >= 15 is 0 Å². The van der Waals surface area contributed by atoms with Crippen LogP contribution in [0.2, 0.25) is 0 Å². The molecular weight excluding hydrogens is 180 g/mol. The lowest BCUT2D eigenvalue weighted by atomic mass is 10.9. The molecule has 0 unspecified atom stereocenters. The molecule has 51 valence electrons. The van der Waals surface area contributed by atoms with Gasteiger partial charge in [0.1, 0.15) is 0 Å². The Balaban J connectivity index is 0. The number of hydrogen-bond donors (Lipinski definition) is 0. The summed E-state index contributed by atoms with van der Waals surface area (Å²) in [4.78, 5) is 0. The van der Waals surface area contributed by atoms with E-state index in [9.17, 15) is 8.78 Å². The third kappa shape index (κ3) is 415. The molecule has 0 spiro atoms. The Morgan fingerprint density at radius 2 is 1.50 bits per heavy atom. The number of hydrogen-bond acceptors (Lipinski definition) is 0. The van der Waals surface area contributed by atoms with Crippen LogP contribution in [0, 0.1) is 6.13 Å². The number of halogens is 5. The molecule has 0 bridgehead atoms. The summed E-state index contributed by atoms with van der Waals surface area (Å²) in [5.41, 5.74) is 0. The summed E-state index contributed by atoms with van der Waals surface area (Å²) in [5.74, 6) is 0. The smallest absolute Gasteiger partial charge is 0.225 e. The molecule has 0 atom stereocenters. The van der Waals surface area contributed by atoms with Gasteiger partial charge in [-0.2, -0.15) is 0 Å². The first-order valence-electron chi connectivity index (χ1n) is 1.50. The SMILES string of the molecule is CC(F)(Cl)Cl.F[CH]Cl. The highest BCUT2D eigenvalue weighted by Crippen LogP contribution is 2.19. The third-order valence-electron chi connectivity index (χ3n) is 0. The molecule has 0 N–H and O–H groups in total. The zero-order valence-electron chi connectivity index (χ0n) is 3.97. The monoisotopic (exact) mass is 183 g/mol. The van der Waals surface area contributed by atoms with Gasteiger partial charge in [0.2, 0.25) is 6.13 Å². The lowest BCUT2D eigenvalue weighted by Gasteiger charge is -1.92. The summed E-state index contributed by atoms with van der Waals surface area (Å²) in [6.07, 6.45) is -0.0278. The second-order valence-corrected chi connectivity index (χ2v) is 2.64. The summed E-state index contributed by atoms with van der Waals surface area (Å²) < 4.78 is 19.1. The van der Waals surface area contributed by atoms with Crippen molar-refractivity contribution >= 4 is 34.8 Å². The molecule has 0 aromatic carbocycles. The van der Waals surface area contributed by atoms with Crippen molar-refractivity contribution in [2.75, 3.05) is 0 Å². The van der Waals surface area contributed by atoms with E-state index in [1.807, 2.05) is 0 Å². The van der Waals surface area contributed by atoms with Crippen molar-refractivity contribution in [3.63, 3.8) is 0 Å². The number of rotatable bonds is 0. The lowest BCUT2D eigenvalue weighted by molar-refractivity contribution is 0.424. The van der Waals surface area contributed by atoms with Crippen LogP contribution >= 0.6 is 34.8 Å². The van der Waals surface area contributed by atoms with E-state index < -0.39 is 4.59 Å². The molecule has 0 heterocycles. The van der Waals surface area contributed by atoms with Gasteiger partial charge in [0.15, 0.2) is 0 Å². The first-order valence-corrected chi connectivity index (χ1v) is 2.70. The molecule has 0 saturated heterocycles. The van der Waals surface area contributed by atoms with Crippen molar-refractivity contribution in [1.29, 1.82) is 0 Å². The Bertz CT molecular complexity index is 36.3. The highest BCUT2D eigenvalue weighted by atomic mass is 35.5. The van der Waals surface area contributed by atoms with E-state index in [1.165, 1.54) is 0 Å². The maximum atomic E-state index is 11.2. The molecule has 0 aliphatic rings. The van der Waals surface area contributed by atoms with Crippen molar-refractivity contribution in [3.05, 3.63) is 6.13 Å². The molecule has 0 aromatic rings. The van der Waals surface area contributed by atoms with Gasteiger partial charge in [0.25, 0.3) is 4.59 Å². The van der Waals surface area contributed by atoms with Crippen LogP contribution in [0.5, 0.6) is 0 Å². The average molecular weight is 184 g/mol. The fourth-order valence-electron chi connectivity index (χ4n) is 0. The van der Waals surface area contributed by atoms with Gasteiger partial charge in [-0.3, -0.25) is 0 Å². The molecule has 1 radical (unpaired) electrons. The summed E-state index contributed by atoms with van der Waals surface area (Å²) in [7, 11) is 0. The van der Waals surface area contributed by atoms with Gasteiger partial charge in [-0.15, -0.1) is 0 Å². The standard InChI is InChI=1S/C2H3Cl2F.CHClF/c1-2(3,4)5;2-1-3/h1H3;1H. The van der Waals surface area contributed by atoms with Crippen molar-refractivity contribution in [2.24, 2.45) is 0 Å². The Hall–Kier alpha value is 0.730. The maximum Gasteiger partial charge on any atom is 0.254 e. The van der Waals surface area contributed by atoms with Crippen molar-refractivity contribution in [2.45, 2.75) is 11.5 Å². The molecule has 0 nitrogen and oxygen atoms in total. The first-order chi connectivity index (χ1) is 3.41. The highest BCUT2D eigenvalue weighted by Gasteiger charge is 2.09. The van der Waals surface area contributed by atoms with Gasteiger partial charge >= 0.3 is 0 Å². The number of alkyl halides is 3. The van der Waals surface area contributed by atoms with E-state index in [0.29, 0.717) is 0 Å². The molecule has 0 aliphatic carbocycles. The van der Waals surface area contributed by atoms with Gasteiger partial charge in [-0.25, -0.2) is 8.78 Å². The molecule has 0 aliphatic heterocycles. The van der Waals surface area contributed by atoms with Crippen LogP contribution < -0.4 is 0 Å². The maximum absolute atomic E-state index is 11.2. The van der Waals surface area contributed by atoms with E-state index in [-0.39, 0.29) is 6.13 Å². The fourth-order valence-corrected chi connectivity index (χ4v) is 0. The zero-order chi connectivity index (χ0) is 7.21. The Morgan fingerprint density at radius 1 is 1.50 bits per heavy atom. The van der Waals surface area contributed by atoms with Gasteiger partial charge < -0.3 is 0 Å². The van der Waals surface area contributed by atoms with Crippen molar-refractivity contribution < 1.29 is 8.78 Å². The van der Waals surface area contributed by atoms with Crippen LogP contribution in [-0.4, -0.2) is 4.59 Å². The molecule has 5 heteroatoms. The summed E-state index contributed by atoms with van der Waals surface area (Å²) in [6, 6.07) is 0. The topological polar surface area (TPSA) is 0 Å². The van der Waals surface area contributed by atoms with E-state index in [0.717, 1.165) is 6.92 Å². The predicted molar refractivity (Wildman–Crippen MR) is 32.5 cm³/mol. The van der Waals surface area contributed by atoms with Gasteiger partial charge in [0, 0.05) is 0 Å². The molecule has 0 amide bonds. The molecule has 0 aromatic heterocycles. The van der Waals surface area contributed by atoms with Gasteiger partial charge in [0.05, 0.1) is 0 Å². The van der Waals surface area contributed by atoms with E-state index in [2.05, 4.69) is 34.8 Å². The lowest BCUT2D eigenvalue weighted by Crippen LogP contribution is -1.90. The van der Waals surface area contributed by atoms with Crippen LogP contribution in [0.25, 0.3) is 0 Å². The normalized spacial score (nSPS) is 9.75. The quantitative estimate of drug-likeness (QED) is 0.506. The fraction of sp³-hybridized carbons (Fsp3) is 0.667. The third-order valence-corrected chi connectivity index (χ3v) is 0. The van der Waals surface area contributed by atoms with Crippen LogP contribution in [0.15, 0.2) is 0 Å². The second-order valence-electron chi connectivity index (χ2n) is 0.864. The Morgan fingerprint density at radius 3 is 1.50 bits per heavy atom. The van der Waals surface area contributed by atoms with Crippen LogP contribution in [-0.2, 0) is 0 Å². The summed E-state index contributed by atoms with van der Waals surface area (Å²) >= 11 is 13.5. The van der Waals surface area contributed by atoms with E-state index in [1.54, 1.807) is 0 Å². The molecule has 0 saturated carbocycles. The second kappa shape index (κ2) is 5.86. The minimum atomic E-state index is -2.06. The average Bonchev–Trinajstić information content (AvgIpc) is 1.27. The molecule has 8 heavy (non-hydrogen) atoms. The van der Waals surface area contributed by atoms with Gasteiger partial charge in [-0.1, -0.05) is 34.8 Å². The van der Waals surface area contributed by atoms with Gasteiger partial charge in [-0.05, 0) is 6.92 Å². The minimum Gasteiger partial charge on any atom is -0.225 e. The summed E-state index contributed by atoms with van der Waals surface area (Å²) in [6.45, 7) is 1.05. The Kier molecular flexibility index (Phi) is 8.44. The summed E-state index contributed by atoms with van der Waals surface area (Å²) in [5, 5.41) is 0. The van der Waals surface area contributed by atoms with E-state index in [4.69, 9.17) is 0 Å². The van der Waals surface area contributed by atoms with Crippen molar-refractivity contribution in [1.82, 2.24) is 0 Å². The highest BCUT2D eigenvalue weighted by molar-refractivity contribution is 6.46. The predicted octanol–water partition coefficient (Wildman–Crippen LogP) is 3.42. The Labute approximate surface area is 61.7 Å². The molecule has 0 fully saturated rings. The minimum absolute atomic E-state index is 0.0278. The molecule has 0 rings (SSSR count).